The summed E-state index contributed by atoms with van der Waals surface area (Å²) >= 11 is 0. The maximum absolute atomic E-state index is 11.2. The minimum atomic E-state index is -0.701. The number of hydrogen-bond donors (Lipinski definition) is 1. The molecular weight excluding hydrogens is 352 g/mol. The van der Waals surface area contributed by atoms with Crippen LogP contribution in [-0.2, 0) is 0 Å². The molecule has 0 saturated heterocycles. The zero-order valence-corrected chi connectivity index (χ0v) is 14.2. The number of hydrogen-bond acceptors (Lipinski definition) is 7. The molecule has 0 fully saturated rings. The van der Waals surface area contributed by atoms with Crippen LogP contribution in [0.5, 0.6) is 5.75 Å². The Morgan fingerprint density at radius 1 is 1.00 bits per heavy atom. The van der Waals surface area contributed by atoms with E-state index in [1.807, 2.05) is 30.3 Å². The van der Waals surface area contributed by atoms with Gasteiger partial charge in [-0.2, -0.15) is 5.10 Å². The fourth-order valence-electron chi connectivity index (χ4n) is 2.64. The van der Waals surface area contributed by atoms with Gasteiger partial charge in [0, 0.05) is 17.0 Å². The normalized spacial score (nSPS) is 10.9. The molecule has 0 spiro atoms. The van der Waals surface area contributed by atoms with Crippen LogP contribution >= 0.6 is 0 Å². The van der Waals surface area contributed by atoms with Gasteiger partial charge in [0.15, 0.2) is 0 Å². The van der Waals surface area contributed by atoms with Crippen molar-refractivity contribution in [3.63, 3.8) is 0 Å². The van der Waals surface area contributed by atoms with E-state index in [1.54, 1.807) is 13.2 Å². The number of methoxy groups -OCH3 is 1. The van der Waals surface area contributed by atoms with E-state index in [-0.39, 0.29) is 11.4 Å². The molecular formula is C18H14N4O5. The van der Waals surface area contributed by atoms with Crippen LogP contribution in [0.2, 0.25) is 0 Å². The second kappa shape index (κ2) is 7.48. The SMILES string of the molecule is COc1ccc(/C=N\Nc2ccc([N+](=O)[O-])cc2[N+](=O)[O-])c2ccccc12. The number of fused-ring (bicyclic) bond motifs is 1. The molecule has 0 aliphatic rings. The van der Waals surface area contributed by atoms with Crippen molar-refractivity contribution in [3.8, 4) is 5.75 Å². The first-order chi connectivity index (χ1) is 13.0. The third-order valence-electron chi connectivity index (χ3n) is 3.92. The molecule has 3 aromatic rings. The Labute approximate surface area is 153 Å². The highest BCUT2D eigenvalue weighted by atomic mass is 16.6. The van der Waals surface area contributed by atoms with Crippen LogP contribution in [0.4, 0.5) is 17.1 Å². The van der Waals surface area contributed by atoms with E-state index in [1.165, 1.54) is 18.3 Å². The zero-order valence-electron chi connectivity index (χ0n) is 14.2. The molecule has 0 saturated carbocycles. The van der Waals surface area contributed by atoms with Gasteiger partial charge in [0.25, 0.3) is 5.69 Å². The standard InChI is InChI=1S/C18H14N4O5/c1-27-18-9-6-12(14-4-2-3-5-15(14)18)11-19-20-16-8-7-13(21(23)24)10-17(16)22(25)26/h2-11,20H,1H3/b19-11-. The topological polar surface area (TPSA) is 120 Å². The van der Waals surface area contributed by atoms with E-state index in [2.05, 4.69) is 10.5 Å². The van der Waals surface area contributed by atoms with Crippen molar-refractivity contribution < 1.29 is 14.6 Å². The first-order valence-electron chi connectivity index (χ1n) is 7.79. The highest BCUT2D eigenvalue weighted by Gasteiger charge is 2.19. The third-order valence-corrected chi connectivity index (χ3v) is 3.92. The minimum Gasteiger partial charge on any atom is -0.496 e. The molecule has 0 bridgehead atoms. The lowest BCUT2D eigenvalue weighted by Gasteiger charge is -2.07. The van der Waals surface area contributed by atoms with Crippen LogP contribution in [0, 0.1) is 20.2 Å². The number of nitrogens with one attached hydrogen (secondary N) is 1. The molecule has 0 heterocycles. The Bertz CT molecular complexity index is 1060. The van der Waals surface area contributed by atoms with E-state index in [9.17, 15) is 20.2 Å². The Balaban J connectivity index is 1.92. The van der Waals surface area contributed by atoms with Crippen LogP contribution in [-0.4, -0.2) is 23.2 Å². The molecule has 9 nitrogen and oxygen atoms in total. The molecule has 9 heteroatoms. The summed E-state index contributed by atoms with van der Waals surface area (Å²) in [5.41, 5.74) is 2.62. The number of nitro groups is 2. The highest BCUT2D eigenvalue weighted by molar-refractivity contribution is 6.02. The molecule has 0 aliphatic heterocycles. The number of benzene rings is 3. The maximum atomic E-state index is 11.2. The average Bonchev–Trinajstić information content (AvgIpc) is 2.68. The van der Waals surface area contributed by atoms with E-state index >= 15 is 0 Å². The van der Waals surface area contributed by atoms with Crippen molar-refractivity contribution in [2.45, 2.75) is 0 Å². The fourth-order valence-corrected chi connectivity index (χ4v) is 2.64. The van der Waals surface area contributed by atoms with Gasteiger partial charge < -0.3 is 4.74 Å². The molecule has 0 aromatic heterocycles. The van der Waals surface area contributed by atoms with Gasteiger partial charge in [-0.15, -0.1) is 0 Å². The van der Waals surface area contributed by atoms with Crippen LogP contribution in [0.15, 0.2) is 59.7 Å². The number of rotatable bonds is 6. The Morgan fingerprint density at radius 3 is 2.41 bits per heavy atom. The summed E-state index contributed by atoms with van der Waals surface area (Å²) in [6.07, 6.45) is 1.52. The Kier molecular flexibility index (Phi) is 4.93. The van der Waals surface area contributed by atoms with E-state index in [4.69, 9.17) is 4.74 Å². The van der Waals surface area contributed by atoms with Crippen molar-refractivity contribution in [2.24, 2.45) is 5.10 Å². The lowest BCUT2D eigenvalue weighted by atomic mass is 10.0. The number of hydrazone groups is 1. The van der Waals surface area contributed by atoms with Crippen molar-refractivity contribution in [1.29, 1.82) is 0 Å². The highest BCUT2D eigenvalue weighted by Crippen LogP contribution is 2.30. The fraction of sp³-hybridized carbons (Fsp3) is 0.0556. The molecule has 1 N–H and O–H groups in total. The van der Waals surface area contributed by atoms with Crippen molar-refractivity contribution >= 4 is 34.0 Å². The van der Waals surface area contributed by atoms with E-state index < -0.39 is 15.5 Å². The van der Waals surface area contributed by atoms with Gasteiger partial charge in [-0.1, -0.05) is 24.3 Å². The third kappa shape index (κ3) is 3.66. The zero-order chi connectivity index (χ0) is 19.4. The van der Waals surface area contributed by atoms with Gasteiger partial charge in [0.05, 0.1) is 29.2 Å². The van der Waals surface area contributed by atoms with Gasteiger partial charge in [0.1, 0.15) is 11.4 Å². The van der Waals surface area contributed by atoms with Gasteiger partial charge in [0.2, 0.25) is 0 Å². The Hall–Kier alpha value is -4.01. The van der Waals surface area contributed by atoms with Gasteiger partial charge in [-0.25, -0.2) is 0 Å². The van der Waals surface area contributed by atoms with Crippen LogP contribution < -0.4 is 10.2 Å². The van der Waals surface area contributed by atoms with E-state index in [0.29, 0.717) is 0 Å². The molecule has 3 aromatic carbocycles. The molecule has 0 atom stereocenters. The second-order valence-corrected chi connectivity index (χ2v) is 5.49. The minimum absolute atomic E-state index is 0.0552. The summed E-state index contributed by atoms with van der Waals surface area (Å²) in [6.45, 7) is 0. The summed E-state index contributed by atoms with van der Waals surface area (Å²) in [6, 6.07) is 14.5. The van der Waals surface area contributed by atoms with Gasteiger partial charge >= 0.3 is 5.69 Å². The first kappa shape index (κ1) is 17.8. The second-order valence-electron chi connectivity index (χ2n) is 5.49. The van der Waals surface area contributed by atoms with Crippen LogP contribution in [0.3, 0.4) is 0 Å². The van der Waals surface area contributed by atoms with Crippen molar-refractivity contribution in [2.75, 3.05) is 12.5 Å². The van der Waals surface area contributed by atoms with Gasteiger partial charge in [-0.05, 0) is 23.6 Å². The summed E-state index contributed by atoms with van der Waals surface area (Å²) in [5.74, 6) is 0.724. The molecule has 136 valence electrons. The van der Waals surface area contributed by atoms with E-state index in [0.717, 1.165) is 28.2 Å². The van der Waals surface area contributed by atoms with Crippen molar-refractivity contribution in [3.05, 3.63) is 80.4 Å². The lowest BCUT2D eigenvalue weighted by Crippen LogP contribution is -1.99. The average molecular weight is 366 g/mol. The smallest absolute Gasteiger partial charge is 0.301 e. The number of nitro benzene ring substituents is 2. The number of ether oxygens (including phenoxy) is 1. The molecule has 0 unspecified atom stereocenters. The summed E-state index contributed by atoms with van der Waals surface area (Å²) in [5, 5.41) is 27.8. The van der Waals surface area contributed by atoms with Crippen molar-refractivity contribution in [1.82, 2.24) is 0 Å². The lowest BCUT2D eigenvalue weighted by molar-refractivity contribution is -0.393. The predicted molar refractivity (Wildman–Crippen MR) is 101 cm³/mol. The monoisotopic (exact) mass is 366 g/mol. The predicted octanol–water partition coefficient (Wildman–Crippen LogP) is 4.11. The van der Waals surface area contributed by atoms with Crippen LogP contribution in [0.25, 0.3) is 10.8 Å². The van der Waals surface area contributed by atoms with Crippen LogP contribution in [0.1, 0.15) is 5.56 Å². The largest absolute Gasteiger partial charge is 0.496 e. The molecule has 0 amide bonds. The van der Waals surface area contributed by atoms with Gasteiger partial charge in [-0.3, -0.25) is 25.7 Å². The first-order valence-corrected chi connectivity index (χ1v) is 7.79. The molecule has 0 radical (unpaired) electrons. The summed E-state index contributed by atoms with van der Waals surface area (Å²) in [4.78, 5) is 20.5. The summed E-state index contributed by atoms with van der Waals surface area (Å²) in [7, 11) is 1.59. The maximum Gasteiger partial charge on any atom is 0.301 e. The molecule has 0 aliphatic carbocycles. The number of nitrogens with zero attached hydrogens (tertiary/aromatic N) is 3. The molecule has 27 heavy (non-hydrogen) atoms. The quantitative estimate of drug-likeness (QED) is 0.398. The Morgan fingerprint density at radius 2 is 1.74 bits per heavy atom. The molecule has 3 rings (SSSR count). The summed E-state index contributed by atoms with van der Waals surface area (Å²) < 4.78 is 5.34. The number of anilines is 1. The number of non-ortho nitro benzene ring substituents is 1.